The summed E-state index contributed by atoms with van der Waals surface area (Å²) in [5, 5.41) is 11.3. The molecule has 76 valence electrons. The van der Waals surface area contributed by atoms with Crippen LogP contribution in [0.4, 0.5) is 0 Å². The fourth-order valence-electron chi connectivity index (χ4n) is 0.694. The molecule has 0 aromatic heterocycles. The molecule has 1 amide bonds. The van der Waals surface area contributed by atoms with Gasteiger partial charge < -0.3 is 15.2 Å². The Kier molecular flexibility index (Phi) is 5.06. The van der Waals surface area contributed by atoms with Gasteiger partial charge in [0.05, 0.1) is 6.10 Å². The van der Waals surface area contributed by atoms with Crippen LogP contribution in [0.2, 0.25) is 0 Å². The standard InChI is InChI=1S/C8H15NO4/c1-5(10)4-9-8(12)6(2)13-7(3)11/h5-6,10H,4H2,1-3H3,(H,9,12)/t5-,6+/m1/s1. The van der Waals surface area contributed by atoms with Gasteiger partial charge in [0.25, 0.3) is 5.91 Å². The van der Waals surface area contributed by atoms with Gasteiger partial charge in [-0.05, 0) is 13.8 Å². The molecule has 0 radical (unpaired) electrons. The van der Waals surface area contributed by atoms with Crippen LogP contribution in [-0.2, 0) is 14.3 Å². The lowest BCUT2D eigenvalue weighted by Gasteiger charge is -2.12. The van der Waals surface area contributed by atoms with Gasteiger partial charge in [0.1, 0.15) is 0 Å². The molecule has 0 heterocycles. The first-order valence-electron chi connectivity index (χ1n) is 4.06. The van der Waals surface area contributed by atoms with Crippen molar-refractivity contribution in [1.82, 2.24) is 5.32 Å². The van der Waals surface area contributed by atoms with Gasteiger partial charge in [0.15, 0.2) is 6.10 Å². The molecule has 0 aliphatic rings. The fourth-order valence-corrected chi connectivity index (χ4v) is 0.694. The van der Waals surface area contributed by atoms with Crippen LogP contribution < -0.4 is 5.32 Å². The molecule has 0 saturated carbocycles. The van der Waals surface area contributed by atoms with Crippen molar-refractivity contribution < 1.29 is 19.4 Å². The van der Waals surface area contributed by atoms with Gasteiger partial charge in [-0.25, -0.2) is 0 Å². The van der Waals surface area contributed by atoms with Gasteiger partial charge in [-0.2, -0.15) is 0 Å². The number of aliphatic hydroxyl groups is 1. The SMILES string of the molecule is CC(=O)O[C@@H](C)C(=O)NC[C@@H](C)O. The Bertz CT molecular complexity index is 191. The number of amides is 1. The van der Waals surface area contributed by atoms with Crippen molar-refractivity contribution in [3.63, 3.8) is 0 Å². The number of hydrogen-bond donors (Lipinski definition) is 2. The topological polar surface area (TPSA) is 75.6 Å². The fraction of sp³-hybridized carbons (Fsp3) is 0.750. The van der Waals surface area contributed by atoms with Gasteiger partial charge in [-0.3, -0.25) is 9.59 Å². The van der Waals surface area contributed by atoms with Gasteiger partial charge in [0, 0.05) is 13.5 Å². The minimum absolute atomic E-state index is 0.157. The second-order valence-electron chi connectivity index (χ2n) is 2.85. The van der Waals surface area contributed by atoms with E-state index in [0.29, 0.717) is 0 Å². The van der Waals surface area contributed by atoms with Gasteiger partial charge in [-0.15, -0.1) is 0 Å². The van der Waals surface area contributed by atoms with Crippen molar-refractivity contribution in [2.24, 2.45) is 0 Å². The molecule has 0 unspecified atom stereocenters. The molecule has 2 N–H and O–H groups in total. The number of aliphatic hydroxyl groups excluding tert-OH is 1. The maximum Gasteiger partial charge on any atom is 0.303 e. The largest absolute Gasteiger partial charge is 0.453 e. The Labute approximate surface area is 77.1 Å². The van der Waals surface area contributed by atoms with Crippen molar-refractivity contribution in [2.75, 3.05) is 6.54 Å². The van der Waals surface area contributed by atoms with E-state index in [9.17, 15) is 9.59 Å². The number of ether oxygens (including phenoxy) is 1. The minimum atomic E-state index is -0.809. The Morgan fingerprint density at radius 1 is 1.46 bits per heavy atom. The van der Waals surface area contributed by atoms with Crippen LogP contribution >= 0.6 is 0 Å². The smallest absolute Gasteiger partial charge is 0.303 e. The second kappa shape index (κ2) is 5.53. The summed E-state index contributed by atoms with van der Waals surface area (Å²) in [6.07, 6.45) is -1.41. The van der Waals surface area contributed by atoms with Crippen molar-refractivity contribution in [2.45, 2.75) is 33.0 Å². The van der Waals surface area contributed by atoms with E-state index in [-0.39, 0.29) is 6.54 Å². The average Bonchev–Trinajstić information content (AvgIpc) is 1.98. The normalized spacial score (nSPS) is 14.5. The third-order valence-electron chi connectivity index (χ3n) is 1.28. The van der Waals surface area contributed by atoms with E-state index in [2.05, 4.69) is 10.1 Å². The van der Waals surface area contributed by atoms with E-state index in [1.54, 1.807) is 6.92 Å². The Balaban J connectivity index is 3.76. The van der Waals surface area contributed by atoms with E-state index in [1.807, 2.05) is 0 Å². The van der Waals surface area contributed by atoms with Crippen molar-refractivity contribution in [1.29, 1.82) is 0 Å². The zero-order valence-corrected chi connectivity index (χ0v) is 8.03. The third-order valence-corrected chi connectivity index (χ3v) is 1.28. The molecule has 13 heavy (non-hydrogen) atoms. The minimum Gasteiger partial charge on any atom is -0.453 e. The molecular formula is C8H15NO4. The Morgan fingerprint density at radius 2 is 2.00 bits per heavy atom. The highest BCUT2D eigenvalue weighted by Crippen LogP contribution is 1.91. The summed E-state index contributed by atoms with van der Waals surface area (Å²) in [4.78, 5) is 21.5. The number of carbonyl (C=O) groups is 2. The molecule has 5 heteroatoms. The quantitative estimate of drug-likeness (QED) is 0.581. The first-order chi connectivity index (χ1) is 5.93. The molecule has 0 fully saturated rings. The van der Waals surface area contributed by atoms with Crippen LogP contribution in [0, 0.1) is 0 Å². The summed E-state index contributed by atoms with van der Waals surface area (Å²) < 4.78 is 4.61. The molecule has 0 aromatic carbocycles. The Morgan fingerprint density at radius 3 is 2.38 bits per heavy atom. The second-order valence-corrected chi connectivity index (χ2v) is 2.85. The highest BCUT2D eigenvalue weighted by Gasteiger charge is 2.15. The maximum absolute atomic E-state index is 11.1. The molecule has 5 nitrogen and oxygen atoms in total. The lowest BCUT2D eigenvalue weighted by Crippen LogP contribution is -2.38. The summed E-state index contributed by atoms with van der Waals surface area (Å²) >= 11 is 0. The number of rotatable bonds is 4. The van der Waals surface area contributed by atoms with Crippen LogP contribution in [0.15, 0.2) is 0 Å². The zero-order valence-electron chi connectivity index (χ0n) is 8.03. The van der Waals surface area contributed by atoms with Crippen LogP contribution in [-0.4, -0.2) is 35.7 Å². The molecule has 0 aliphatic heterocycles. The van der Waals surface area contributed by atoms with E-state index in [1.165, 1.54) is 13.8 Å². The zero-order chi connectivity index (χ0) is 10.4. The van der Waals surface area contributed by atoms with E-state index < -0.39 is 24.1 Å². The van der Waals surface area contributed by atoms with Gasteiger partial charge in [0.2, 0.25) is 0 Å². The molecule has 0 rings (SSSR count). The monoisotopic (exact) mass is 189 g/mol. The predicted molar refractivity (Wildman–Crippen MR) is 45.9 cm³/mol. The number of esters is 1. The highest BCUT2D eigenvalue weighted by molar-refractivity contribution is 5.82. The van der Waals surface area contributed by atoms with Gasteiger partial charge >= 0.3 is 5.97 Å². The average molecular weight is 189 g/mol. The highest BCUT2D eigenvalue weighted by atomic mass is 16.5. The lowest BCUT2D eigenvalue weighted by atomic mass is 10.3. The third kappa shape index (κ3) is 6.10. The lowest BCUT2D eigenvalue weighted by molar-refractivity contribution is -0.152. The molecule has 0 spiro atoms. The number of carbonyl (C=O) groups excluding carboxylic acids is 2. The van der Waals surface area contributed by atoms with Crippen molar-refractivity contribution in [3.8, 4) is 0 Å². The van der Waals surface area contributed by atoms with E-state index in [0.717, 1.165) is 0 Å². The van der Waals surface area contributed by atoms with Crippen LogP contribution in [0.5, 0.6) is 0 Å². The first kappa shape index (κ1) is 11.9. The van der Waals surface area contributed by atoms with Crippen molar-refractivity contribution >= 4 is 11.9 Å². The molecule has 0 aliphatic carbocycles. The maximum atomic E-state index is 11.1. The van der Waals surface area contributed by atoms with E-state index >= 15 is 0 Å². The summed E-state index contributed by atoms with van der Waals surface area (Å²) in [6, 6.07) is 0. The molecule has 0 bridgehead atoms. The first-order valence-corrected chi connectivity index (χ1v) is 4.06. The predicted octanol–water partition coefficient (Wildman–Crippen LogP) is -0.565. The van der Waals surface area contributed by atoms with Crippen LogP contribution in [0.3, 0.4) is 0 Å². The van der Waals surface area contributed by atoms with Gasteiger partial charge in [-0.1, -0.05) is 0 Å². The molecule has 2 atom stereocenters. The van der Waals surface area contributed by atoms with Crippen molar-refractivity contribution in [3.05, 3.63) is 0 Å². The van der Waals surface area contributed by atoms with E-state index in [4.69, 9.17) is 5.11 Å². The number of nitrogens with one attached hydrogen (secondary N) is 1. The molecular weight excluding hydrogens is 174 g/mol. The summed E-state index contributed by atoms with van der Waals surface area (Å²) in [7, 11) is 0. The number of hydrogen-bond acceptors (Lipinski definition) is 4. The van der Waals surface area contributed by atoms with Crippen LogP contribution in [0.25, 0.3) is 0 Å². The molecule has 0 aromatic rings. The van der Waals surface area contributed by atoms with Crippen LogP contribution in [0.1, 0.15) is 20.8 Å². The summed E-state index contributed by atoms with van der Waals surface area (Å²) in [5.74, 6) is -0.907. The molecule has 0 saturated heterocycles. The summed E-state index contributed by atoms with van der Waals surface area (Å²) in [6.45, 7) is 4.42. The Hall–Kier alpha value is -1.10. The summed E-state index contributed by atoms with van der Waals surface area (Å²) in [5.41, 5.74) is 0.